The second-order valence-corrected chi connectivity index (χ2v) is 9.67. The highest BCUT2D eigenvalue weighted by atomic mass is 16.6. The molecule has 1 N–H and O–H groups in total. The largest absolute Gasteiger partial charge is 0.493 e. The van der Waals surface area contributed by atoms with E-state index >= 15 is 0 Å². The van der Waals surface area contributed by atoms with Gasteiger partial charge in [0.05, 0.1) is 13.5 Å². The van der Waals surface area contributed by atoms with Gasteiger partial charge in [0.15, 0.2) is 11.5 Å². The maximum absolute atomic E-state index is 13.3. The van der Waals surface area contributed by atoms with Crippen LogP contribution in [0.3, 0.4) is 0 Å². The molecule has 0 aromatic heterocycles. The summed E-state index contributed by atoms with van der Waals surface area (Å²) >= 11 is 0. The van der Waals surface area contributed by atoms with Gasteiger partial charge < -0.3 is 24.4 Å². The van der Waals surface area contributed by atoms with Gasteiger partial charge in [-0.1, -0.05) is 73.7 Å². The van der Waals surface area contributed by atoms with Gasteiger partial charge in [0.1, 0.15) is 12.2 Å². The van der Waals surface area contributed by atoms with Crippen LogP contribution in [0.2, 0.25) is 0 Å². The Morgan fingerprint density at radius 1 is 0.868 bits per heavy atom. The van der Waals surface area contributed by atoms with Crippen molar-refractivity contribution in [3.8, 4) is 11.5 Å². The Hall–Kier alpha value is -4.00. The smallest absolute Gasteiger partial charge is 0.407 e. The van der Waals surface area contributed by atoms with E-state index in [-0.39, 0.29) is 18.9 Å². The number of methoxy groups -OCH3 is 1. The van der Waals surface area contributed by atoms with E-state index < -0.39 is 11.7 Å². The van der Waals surface area contributed by atoms with Crippen LogP contribution in [0.15, 0.2) is 78.9 Å². The first-order valence-corrected chi connectivity index (χ1v) is 12.9. The Labute approximate surface area is 225 Å². The molecule has 3 aromatic carbocycles. The Kier molecular flexibility index (Phi) is 10.6. The zero-order valence-electron chi connectivity index (χ0n) is 22.7. The maximum atomic E-state index is 13.3. The molecule has 7 nitrogen and oxygen atoms in total. The number of benzene rings is 3. The number of rotatable bonds is 13. The minimum Gasteiger partial charge on any atom is -0.493 e. The molecule has 0 fully saturated rings. The lowest BCUT2D eigenvalue weighted by Crippen LogP contribution is -2.41. The van der Waals surface area contributed by atoms with Gasteiger partial charge in [-0.15, -0.1) is 0 Å². The molecule has 3 rings (SSSR count). The first-order chi connectivity index (χ1) is 18.3. The molecule has 0 saturated heterocycles. The number of amides is 2. The average molecular weight is 519 g/mol. The number of hydrogen-bond donors (Lipinski definition) is 1. The number of ether oxygens (including phenoxy) is 3. The number of carbonyl (C=O) groups excluding carboxylic acids is 2. The van der Waals surface area contributed by atoms with Crippen molar-refractivity contribution in [2.75, 3.05) is 20.2 Å². The molecule has 3 aromatic rings. The third-order valence-corrected chi connectivity index (χ3v) is 6.26. The molecular weight excluding hydrogens is 480 g/mol. The monoisotopic (exact) mass is 518 g/mol. The summed E-state index contributed by atoms with van der Waals surface area (Å²) in [5, 5.41) is 2.77. The van der Waals surface area contributed by atoms with E-state index in [0.717, 1.165) is 16.7 Å². The van der Waals surface area contributed by atoms with Gasteiger partial charge in [-0.3, -0.25) is 4.79 Å². The number of carbonyl (C=O) groups is 2. The highest BCUT2D eigenvalue weighted by molar-refractivity contribution is 5.79. The van der Waals surface area contributed by atoms with Crippen LogP contribution in [-0.2, 0) is 29.1 Å². The highest BCUT2D eigenvalue weighted by Crippen LogP contribution is 2.29. The number of nitrogens with one attached hydrogen (secondary N) is 1. The SMILES string of the molecule is CCC(C)(C)OC(=O)NCCN(Cc1ccc(OCc2ccccc2)c(OC)c1)C(=O)Cc1ccccc1. The normalized spacial score (nSPS) is 10.9. The van der Waals surface area contributed by atoms with Crippen molar-refractivity contribution < 1.29 is 23.8 Å². The molecule has 0 radical (unpaired) electrons. The van der Waals surface area contributed by atoms with E-state index in [1.807, 2.05) is 99.6 Å². The summed E-state index contributed by atoms with van der Waals surface area (Å²) in [5.74, 6) is 1.19. The predicted octanol–water partition coefficient (Wildman–Crippen LogP) is 5.76. The molecule has 0 heterocycles. The van der Waals surface area contributed by atoms with Crippen molar-refractivity contribution in [1.29, 1.82) is 0 Å². The number of hydrogen-bond acceptors (Lipinski definition) is 5. The van der Waals surface area contributed by atoms with Crippen LogP contribution < -0.4 is 14.8 Å². The zero-order valence-corrected chi connectivity index (χ0v) is 22.7. The van der Waals surface area contributed by atoms with Crippen molar-refractivity contribution in [3.63, 3.8) is 0 Å². The van der Waals surface area contributed by atoms with Crippen LogP contribution in [0.4, 0.5) is 4.79 Å². The van der Waals surface area contributed by atoms with Crippen molar-refractivity contribution >= 4 is 12.0 Å². The van der Waals surface area contributed by atoms with Crippen LogP contribution in [0.5, 0.6) is 11.5 Å². The van der Waals surface area contributed by atoms with Crippen molar-refractivity contribution in [2.24, 2.45) is 0 Å². The zero-order chi connectivity index (χ0) is 27.4. The number of alkyl carbamates (subject to hydrolysis) is 1. The minimum atomic E-state index is -0.548. The Morgan fingerprint density at radius 3 is 2.16 bits per heavy atom. The molecule has 0 aliphatic carbocycles. The van der Waals surface area contributed by atoms with Crippen LogP contribution in [0, 0.1) is 0 Å². The van der Waals surface area contributed by atoms with Gasteiger partial charge in [0.2, 0.25) is 5.91 Å². The van der Waals surface area contributed by atoms with Crippen molar-refractivity contribution in [3.05, 3.63) is 95.6 Å². The lowest BCUT2D eigenvalue weighted by molar-refractivity contribution is -0.131. The Morgan fingerprint density at radius 2 is 1.53 bits per heavy atom. The summed E-state index contributed by atoms with van der Waals surface area (Å²) in [6.07, 6.45) is 0.479. The molecule has 202 valence electrons. The summed E-state index contributed by atoms with van der Waals surface area (Å²) in [7, 11) is 1.60. The molecule has 0 saturated carbocycles. The summed E-state index contributed by atoms with van der Waals surface area (Å²) in [6, 6.07) is 25.2. The standard InChI is InChI=1S/C31H38N2O5/c1-5-31(2,3)38-30(35)32-18-19-33(29(34)21-24-12-8-6-9-13-24)22-26-16-17-27(28(20-26)36-4)37-23-25-14-10-7-11-15-25/h6-17,20H,5,18-19,21-23H2,1-4H3,(H,32,35). The fraction of sp³-hybridized carbons (Fsp3) is 0.355. The maximum Gasteiger partial charge on any atom is 0.407 e. The van der Waals surface area contributed by atoms with Crippen LogP contribution in [0.1, 0.15) is 43.9 Å². The van der Waals surface area contributed by atoms with Crippen LogP contribution in [-0.4, -0.2) is 42.7 Å². The predicted molar refractivity (Wildman–Crippen MR) is 148 cm³/mol. The lowest BCUT2D eigenvalue weighted by Gasteiger charge is -2.26. The van der Waals surface area contributed by atoms with Crippen LogP contribution in [0.25, 0.3) is 0 Å². The van der Waals surface area contributed by atoms with E-state index in [2.05, 4.69) is 5.32 Å². The number of nitrogens with zero attached hydrogens (tertiary/aromatic N) is 1. The summed E-state index contributed by atoms with van der Waals surface area (Å²) < 4.78 is 17.0. The molecule has 38 heavy (non-hydrogen) atoms. The van der Waals surface area contributed by atoms with Gasteiger partial charge >= 0.3 is 6.09 Å². The Balaban J connectivity index is 1.68. The van der Waals surface area contributed by atoms with Crippen LogP contribution >= 0.6 is 0 Å². The molecule has 0 unspecified atom stereocenters. The second kappa shape index (κ2) is 14.1. The second-order valence-electron chi connectivity index (χ2n) is 9.67. The Bertz CT molecular complexity index is 1170. The quantitative estimate of drug-likeness (QED) is 0.311. The van der Waals surface area contributed by atoms with E-state index in [9.17, 15) is 9.59 Å². The summed E-state index contributed by atoms with van der Waals surface area (Å²) in [4.78, 5) is 27.2. The van der Waals surface area contributed by atoms with Crippen molar-refractivity contribution in [2.45, 2.75) is 52.4 Å². The van der Waals surface area contributed by atoms with E-state index in [0.29, 0.717) is 37.6 Å². The van der Waals surface area contributed by atoms with Gasteiger partial charge in [0, 0.05) is 19.6 Å². The lowest BCUT2D eigenvalue weighted by atomic mass is 10.1. The van der Waals surface area contributed by atoms with E-state index in [4.69, 9.17) is 14.2 Å². The average Bonchev–Trinajstić information content (AvgIpc) is 2.92. The fourth-order valence-corrected chi connectivity index (χ4v) is 3.71. The third-order valence-electron chi connectivity index (χ3n) is 6.26. The van der Waals surface area contributed by atoms with Gasteiger partial charge in [-0.05, 0) is 49.1 Å². The fourth-order valence-electron chi connectivity index (χ4n) is 3.71. The van der Waals surface area contributed by atoms with Gasteiger partial charge in [0.25, 0.3) is 0 Å². The topological polar surface area (TPSA) is 77.1 Å². The van der Waals surface area contributed by atoms with Gasteiger partial charge in [-0.2, -0.15) is 0 Å². The molecule has 0 atom stereocenters. The molecule has 0 aliphatic heterocycles. The first-order valence-electron chi connectivity index (χ1n) is 12.9. The summed E-state index contributed by atoms with van der Waals surface area (Å²) in [5.41, 5.74) is 2.34. The summed E-state index contributed by atoms with van der Waals surface area (Å²) in [6.45, 7) is 7.08. The van der Waals surface area contributed by atoms with Gasteiger partial charge in [-0.25, -0.2) is 4.79 Å². The highest BCUT2D eigenvalue weighted by Gasteiger charge is 2.21. The molecule has 7 heteroatoms. The molecule has 2 amide bonds. The molecule has 0 aliphatic rings. The third kappa shape index (κ3) is 9.14. The molecule has 0 bridgehead atoms. The first kappa shape index (κ1) is 28.6. The molecule has 0 spiro atoms. The van der Waals surface area contributed by atoms with E-state index in [1.165, 1.54) is 0 Å². The minimum absolute atomic E-state index is 0.0383. The van der Waals surface area contributed by atoms with Crippen molar-refractivity contribution in [1.82, 2.24) is 10.2 Å². The van der Waals surface area contributed by atoms with E-state index in [1.54, 1.807) is 12.0 Å². The molecular formula is C31H38N2O5.